The molecule has 1 aromatic carbocycles. The minimum atomic E-state index is 0.489. The van der Waals surface area contributed by atoms with Gasteiger partial charge in [-0.15, -0.1) is 11.8 Å². The molecule has 1 heterocycles. The molecule has 0 saturated carbocycles. The Morgan fingerprint density at radius 2 is 1.00 bits per heavy atom. The van der Waals surface area contributed by atoms with Crippen molar-refractivity contribution in [1.82, 2.24) is 0 Å². The van der Waals surface area contributed by atoms with E-state index in [0.29, 0.717) is 66.1 Å². The van der Waals surface area contributed by atoms with Crippen LogP contribution in [0.2, 0.25) is 0 Å². The molecule has 136 valence electrons. The van der Waals surface area contributed by atoms with Crippen molar-refractivity contribution in [2.75, 3.05) is 72.3 Å². The van der Waals surface area contributed by atoms with E-state index in [2.05, 4.69) is 0 Å². The van der Waals surface area contributed by atoms with Crippen LogP contribution in [-0.2, 0) is 18.9 Å². The predicted molar refractivity (Wildman–Crippen MR) is 92.5 cm³/mol. The van der Waals surface area contributed by atoms with Gasteiger partial charge >= 0.3 is 0 Å². The van der Waals surface area contributed by atoms with Gasteiger partial charge in [0.1, 0.15) is 24.7 Å². The molecule has 0 atom stereocenters. The quantitative estimate of drug-likeness (QED) is 0.714. The van der Waals surface area contributed by atoms with Crippen molar-refractivity contribution in [1.29, 1.82) is 0 Å². The molecule has 6 nitrogen and oxygen atoms in total. The molecule has 0 aliphatic carbocycles. The number of thioether (sulfide) groups is 1. The standard InChI is InChI=1S/C17H26O6S/c1-24-17-15-3-2-4-16(17)23-14-12-21-10-8-19-6-5-18-7-9-20-11-13-22-15/h2-4H,5-14H2,1H3. The zero-order valence-electron chi connectivity index (χ0n) is 14.2. The van der Waals surface area contributed by atoms with Crippen molar-refractivity contribution in [2.45, 2.75) is 4.90 Å². The summed E-state index contributed by atoms with van der Waals surface area (Å²) in [6.45, 7) is 5.35. The zero-order chi connectivity index (χ0) is 16.9. The van der Waals surface area contributed by atoms with Gasteiger partial charge in [-0.25, -0.2) is 0 Å². The Morgan fingerprint density at radius 3 is 1.38 bits per heavy atom. The summed E-state index contributed by atoms with van der Waals surface area (Å²) in [5.41, 5.74) is 0. The molecular weight excluding hydrogens is 332 g/mol. The van der Waals surface area contributed by atoms with Gasteiger partial charge in [-0.2, -0.15) is 0 Å². The van der Waals surface area contributed by atoms with Gasteiger partial charge in [0, 0.05) is 0 Å². The fourth-order valence-corrected chi connectivity index (χ4v) is 2.76. The number of ether oxygens (including phenoxy) is 6. The Hall–Kier alpha value is -0.990. The van der Waals surface area contributed by atoms with Gasteiger partial charge in [-0.1, -0.05) is 6.07 Å². The number of hydrogen-bond donors (Lipinski definition) is 0. The van der Waals surface area contributed by atoms with Crippen LogP contribution in [0.1, 0.15) is 0 Å². The predicted octanol–water partition coefficient (Wildman–Crippen LogP) is 2.25. The minimum Gasteiger partial charge on any atom is -0.490 e. The average molecular weight is 358 g/mol. The van der Waals surface area contributed by atoms with Crippen molar-refractivity contribution in [2.24, 2.45) is 0 Å². The molecule has 7 heteroatoms. The molecule has 2 rings (SSSR count). The van der Waals surface area contributed by atoms with E-state index in [0.717, 1.165) is 16.4 Å². The Morgan fingerprint density at radius 1 is 0.625 bits per heavy atom. The topological polar surface area (TPSA) is 55.4 Å². The van der Waals surface area contributed by atoms with Gasteiger partial charge in [-0.05, 0) is 18.4 Å². The van der Waals surface area contributed by atoms with Crippen LogP contribution in [0.15, 0.2) is 23.1 Å². The largest absolute Gasteiger partial charge is 0.490 e. The molecule has 0 fully saturated rings. The first-order valence-corrected chi connectivity index (χ1v) is 9.38. The highest BCUT2D eigenvalue weighted by Crippen LogP contribution is 2.36. The minimum absolute atomic E-state index is 0.489. The summed E-state index contributed by atoms with van der Waals surface area (Å²) in [5.74, 6) is 1.62. The van der Waals surface area contributed by atoms with Crippen LogP contribution < -0.4 is 9.47 Å². The smallest absolute Gasteiger partial charge is 0.136 e. The van der Waals surface area contributed by atoms with Gasteiger partial charge in [0.2, 0.25) is 0 Å². The van der Waals surface area contributed by atoms with Gasteiger partial charge in [0.15, 0.2) is 0 Å². The van der Waals surface area contributed by atoms with Gasteiger partial charge < -0.3 is 28.4 Å². The van der Waals surface area contributed by atoms with Gasteiger partial charge in [-0.3, -0.25) is 0 Å². The molecule has 2 bridgehead atoms. The van der Waals surface area contributed by atoms with E-state index in [1.54, 1.807) is 11.8 Å². The first-order chi connectivity index (χ1) is 11.9. The van der Waals surface area contributed by atoms with Crippen molar-refractivity contribution in [3.05, 3.63) is 18.2 Å². The molecule has 1 aromatic rings. The lowest BCUT2D eigenvalue weighted by atomic mass is 10.3. The second-order valence-corrected chi connectivity index (χ2v) is 5.75. The maximum Gasteiger partial charge on any atom is 0.136 e. The maximum atomic E-state index is 5.82. The van der Waals surface area contributed by atoms with Crippen LogP contribution in [0.3, 0.4) is 0 Å². The summed E-state index contributed by atoms with van der Waals surface area (Å²) in [5, 5.41) is 0. The third kappa shape index (κ3) is 7.27. The normalized spacial score (nSPS) is 19.2. The summed E-state index contributed by atoms with van der Waals surface area (Å²) in [6, 6.07) is 5.81. The van der Waals surface area contributed by atoms with Crippen molar-refractivity contribution >= 4 is 11.8 Å². The number of fused-ring (bicyclic) bond motifs is 2. The molecule has 24 heavy (non-hydrogen) atoms. The van der Waals surface area contributed by atoms with Crippen LogP contribution in [0.5, 0.6) is 11.5 Å². The summed E-state index contributed by atoms with van der Waals surface area (Å²) in [4.78, 5) is 0.988. The molecule has 1 aliphatic rings. The highest BCUT2D eigenvalue weighted by molar-refractivity contribution is 7.98. The van der Waals surface area contributed by atoms with E-state index in [9.17, 15) is 0 Å². The van der Waals surface area contributed by atoms with E-state index < -0.39 is 0 Å². The average Bonchev–Trinajstić information content (AvgIpc) is 2.60. The highest BCUT2D eigenvalue weighted by atomic mass is 32.2. The molecule has 0 radical (unpaired) electrons. The molecule has 0 aromatic heterocycles. The summed E-state index contributed by atoms with van der Waals surface area (Å²) < 4.78 is 33.5. The lowest BCUT2D eigenvalue weighted by Gasteiger charge is -2.15. The van der Waals surface area contributed by atoms with Crippen LogP contribution in [0.4, 0.5) is 0 Å². The number of benzene rings is 1. The Bertz CT molecular complexity index is 420. The fourth-order valence-electron chi connectivity index (χ4n) is 2.11. The molecular formula is C17H26O6S. The first kappa shape index (κ1) is 19.3. The van der Waals surface area contributed by atoms with E-state index in [1.165, 1.54) is 0 Å². The van der Waals surface area contributed by atoms with Crippen molar-refractivity contribution in [3.8, 4) is 11.5 Å². The van der Waals surface area contributed by atoms with E-state index in [1.807, 2.05) is 24.5 Å². The van der Waals surface area contributed by atoms with Crippen molar-refractivity contribution < 1.29 is 28.4 Å². The summed E-state index contributed by atoms with van der Waals surface area (Å²) in [6.07, 6.45) is 2.01. The lowest BCUT2D eigenvalue weighted by molar-refractivity contribution is -0.00664. The molecule has 0 spiro atoms. The number of hydrogen-bond acceptors (Lipinski definition) is 7. The Kier molecular flexibility index (Phi) is 9.98. The second-order valence-electron chi connectivity index (χ2n) is 4.93. The van der Waals surface area contributed by atoms with Crippen LogP contribution in [0.25, 0.3) is 0 Å². The second kappa shape index (κ2) is 12.4. The SMILES string of the molecule is CSc1c2cccc1OCCOCCOCCOCCOCCO2. The van der Waals surface area contributed by atoms with E-state index in [-0.39, 0.29) is 0 Å². The van der Waals surface area contributed by atoms with Crippen LogP contribution >= 0.6 is 11.8 Å². The lowest BCUT2D eigenvalue weighted by Crippen LogP contribution is -2.14. The zero-order valence-corrected chi connectivity index (χ0v) is 15.0. The summed E-state index contributed by atoms with van der Waals surface area (Å²) >= 11 is 1.60. The monoisotopic (exact) mass is 358 g/mol. The van der Waals surface area contributed by atoms with E-state index in [4.69, 9.17) is 28.4 Å². The maximum absolute atomic E-state index is 5.82. The third-order valence-corrected chi connectivity index (χ3v) is 4.04. The highest BCUT2D eigenvalue weighted by Gasteiger charge is 2.10. The number of rotatable bonds is 1. The van der Waals surface area contributed by atoms with Crippen LogP contribution in [-0.4, -0.2) is 72.3 Å². The molecule has 0 amide bonds. The van der Waals surface area contributed by atoms with Gasteiger partial charge in [0.05, 0.1) is 57.8 Å². The Labute approximate surface area is 147 Å². The molecule has 0 N–H and O–H groups in total. The molecule has 0 unspecified atom stereocenters. The third-order valence-electron chi connectivity index (χ3n) is 3.23. The Balaban J connectivity index is 1.89. The molecule has 1 aliphatic heterocycles. The fraction of sp³-hybridized carbons (Fsp3) is 0.647. The summed E-state index contributed by atoms with van der Waals surface area (Å²) in [7, 11) is 0. The van der Waals surface area contributed by atoms with Crippen LogP contribution in [0, 0.1) is 0 Å². The van der Waals surface area contributed by atoms with Crippen molar-refractivity contribution in [3.63, 3.8) is 0 Å². The first-order valence-electron chi connectivity index (χ1n) is 8.15. The van der Waals surface area contributed by atoms with Gasteiger partial charge in [0.25, 0.3) is 0 Å². The molecule has 0 saturated heterocycles. The van der Waals surface area contributed by atoms with E-state index >= 15 is 0 Å².